The van der Waals surface area contributed by atoms with Gasteiger partial charge in [0.05, 0.1) is 12.5 Å². The van der Waals surface area contributed by atoms with Gasteiger partial charge in [0.25, 0.3) is 0 Å². The number of hydrogen-bond acceptors (Lipinski definition) is 2. The second kappa shape index (κ2) is 20.9. The van der Waals surface area contributed by atoms with Crippen LogP contribution in [0.2, 0.25) is 0 Å². The van der Waals surface area contributed by atoms with Crippen molar-refractivity contribution in [1.29, 1.82) is 0 Å². The third kappa shape index (κ3) is 24.0. The summed E-state index contributed by atoms with van der Waals surface area (Å²) in [6.07, 6.45) is 20.3. The minimum atomic E-state index is 1.04. The largest absolute Gasteiger partial charge is 0.516 e. The van der Waals surface area contributed by atoms with Crippen LogP contribution in [0.25, 0.3) is 0 Å². The van der Waals surface area contributed by atoms with E-state index in [4.69, 9.17) is 10.2 Å². The van der Waals surface area contributed by atoms with E-state index in [2.05, 4.69) is 26.0 Å². The fraction of sp³-hybridized carbons (Fsp3) is 0.500. The molecule has 0 aromatic heterocycles. The molecule has 0 aliphatic rings. The molecule has 0 radical (unpaired) electrons. The Morgan fingerprint density at radius 3 is 1.33 bits per heavy atom. The lowest BCUT2D eigenvalue weighted by molar-refractivity contribution is 0.473. The number of hydrogen-bond donors (Lipinski definition) is 2. The fourth-order valence-corrected chi connectivity index (χ4v) is 1.09. The Morgan fingerprint density at radius 2 is 1.06 bits per heavy atom. The summed E-state index contributed by atoms with van der Waals surface area (Å²) in [7, 11) is 0. The van der Waals surface area contributed by atoms with E-state index in [1.165, 1.54) is 25.7 Å². The minimum absolute atomic E-state index is 1.04. The first-order valence-corrected chi connectivity index (χ1v) is 6.75. The summed E-state index contributed by atoms with van der Waals surface area (Å²) in [6, 6.07) is 0. The molecule has 0 aliphatic carbocycles. The van der Waals surface area contributed by atoms with Crippen molar-refractivity contribution >= 4 is 0 Å². The lowest BCUT2D eigenvalue weighted by Crippen LogP contribution is -1.64. The van der Waals surface area contributed by atoms with Gasteiger partial charge in [0.1, 0.15) is 0 Å². The Balaban J connectivity index is 0. The van der Waals surface area contributed by atoms with Crippen LogP contribution in [0, 0.1) is 0 Å². The predicted octanol–water partition coefficient (Wildman–Crippen LogP) is 5.61. The molecule has 0 aromatic carbocycles. The quantitative estimate of drug-likeness (QED) is 0.335. The van der Waals surface area contributed by atoms with E-state index in [9.17, 15) is 0 Å². The number of aliphatic hydroxyl groups is 2. The van der Waals surface area contributed by atoms with E-state index >= 15 is 0 Å². The number of rotatable bonds is 8. The summed E-state index contributed by atoms with van der Waals surface area (Å²) in [6.45, 7) is 4.32. The molecule has 0 aliphatic heterocycles. The average molecular weight is 252 g/mol. The molecule has 0 bridgehead atoms. The molecule has 0 atom stereocenters. The van der Waals surface area contributed by atoms with E-state index in [1.54, 1.807) is 12.2 Å². The zero-order chi connectivity index (χ0) is 13.9. The Bertz CT molecular complexity index is 211. The number of allylic oxidation sites excluding steroid dienone is 6. The van der Waals surface area contributed by atoms with Crippen molar-refractivity contribution in [2.75, 3.05) is 0 Å². The summed E-state index contributed by atoms with van der Waals surface area (Å²) >= 11 is 0. The monoisotopic (exact) mass is 252 g/mol. The second-order valence-corrected chi connectivity index (χ2v) is 3.82. The zero-order valence-corrected chi connectivity index (χ0v) is 11.8. The predicted molar refractivity (Wildman–Crippen MR) is 80.9 cm³/mol. The van der Waals surface area contributed by atoms with Crippen LogP contribution in [0.3, 0.4) is 0 Å². The van der Waals surface area contributed by atoms with Gasteiger partial charge in [-0.2, -0.15) is 0 Å². The molecule has 0 unspecified atom stereocenters. The van der Waals surface area contributed by atoms with Crippen molar-refractivity contribution in [3.63, 3.8) is 0 Å². The standard InChI is InChI=1S/2C8H14O/c2*1-2-3-4-5-6-7-8-9/h2*5-9H,2-4H2,1H3. The van der Waals surface area contributed by atoms with E-state index in [0.29, 0.717) is 0 Å². The highest BCUT2D eigenvalue weighted by molar-refractivity contribution is 4.99. The van der Waals surface area contributed by atoms with Crippen LogP contribution in [0.5, 0.6) is 0 Å². The first-order chi connectivity index (χ1) is 8.83. The van der Waals surface area contributed by atoms with Gasteiger partial charge in [-0.3, -0.25) is 0 Å². The Kier molecular flexibility index (Phi) is 22.0. The highest BCUT2D eigenvalue weighted by atomic mass is 16.2. The van der Waals surface area contributed by atoms with Gasteiger partial charge in [-0.15, -0.1) is 0 Å². The van der Waals surface area contributed by atoms with Gasteiger partial charge in [0.15, 0.2) is 0 Å². The molecular weight excluding hydrogens is 224 g/mol. The molecule has 18 heavy (non-hydrogen) atoms. The molecule has 0 saturated heterocycles. The number of aliphatic hydroxyl groups excluding tert-OH is 2. The van der Waals surface area contributed by atoms with Gasteiger partial charge in [-0.05, 0) is 25.0 Å². The Morgan fingerprint density at radius 1 is 0.667 bits per heavy atom. The summed E-state index contributed by atoms with van der Waals surface area (Å²) in [4.78, 5) is 0. The smallest absolute Gasteiger partial charge is 0.0791 e. The summed E-state index contributed by atoms with van der Waals surface area (Å²) in [5.41, 5.74) is 0. The normalized spacial score (nSPS) is 11.7. The lowest BCUT2D eigenvalue weighted by Gasteiger charge is -1.84. The Hall–Kier alpha value is -1.44. The van der Waals surface area contributed by atoms with Crippen molar-refractivity contribution in [2.45, 2.75) is 52.4 Å². The van der Waals surface area contributed by atoms with Crippen molar-refractivity contribution < 1.29 is 10.2 Å². The molecule has 2 heteroatoms. The van der Waals surface area contributed by atoms with Crippen LogP contribution in [-0.2, 0) is 0 Å². The molecule has 104 valence electrons. The lowest BCUT2D eigenvalue weighted by atomic mass is 10.2. The van der Waals surface area contributed by atoms with Crippen LogP contribution in [-0.4, -0.2) is 10.2 Å². The van der Waals surface area contributed by atoms with Crippen LogP contribution in [0.15, 0.2) is 49.0 Å². The van der Waals surface area contributed by atoms with Crippen LogP contribution in [0.1, 0.15) is 52.4 Å². The van der Waals surface area contributed by atoms with Crippen molar-refractivity contribution in [3.8, 4) is 0 Å². The van der Waals surface area contributed by atoms with Crippen molar-refractivity contribution in [1.82, 2.24) is 0 Å². The summed E-state index contributed by atoms with van der Waals surface area (Å²) in [5, 5.41) is 16.4. The molecule has 0 aromatic rings. The van der Waals surface area contributed by atoms with E-state index < -0.39 is 0 Å². The highest BCUT2D eigenvalue weighted by Crippen LogP contribution is 1.94. The maximum atomic E-state index is 8.19. The summed E-state index contributed by atoms with van der Waals surface area (Å²) in [5.74, 6) is 0. The van der Waals surface area contributed by atoms with Crippen molar-refractivity contribution in [3.05, 3.63) is 49.0 Å². The second-order valence-electron chi connectivity index (χ2n) is 3.82. The first-order valence-electron chi connectivity index (χ1n) is 6.75. The third-order valence-corrected chi connectivity index (χ3v) is 2.12. The molecule has 0 amide bonds. The van der Waals surface area contributed by atoms with Crippen LogP contribution >= 0.6 is 0 Å². The van der Waals surface area contributed by atoms with E-state index in [0.717, 1.165) is 25.4 Å². The Labute approximate surface area is 112 Å². The van der Waals surface area contributed by atoms with Gasteiger partial charge in [-0.25, -0.2) is 0 Å². The maximum absolute atomic E-state index is 8.19. The number of unbranched alkanes of at least 4 members (excludes halogenated alkanes) is 4. The van der Waals surface area contributed by atoms with E-state index in [-0.39, 0.29) is 0 Å². The molecule has 2 N–H and O–H groups in total. The van der Waals surface area contributed by atoms with Gasteiger partial charge >= 0.3 is 0 Å². The minimum Gasteiger partial charge on any atom is -0.516 e. The molecule has 0 fully saturated rings. The SMILES string of the molecule is CCCCC=CC=CO.CCCCC=CC=CO. The third-order valence-electron chi connectivity index (χ3n) is 2.12. The zero-order valence-electron chi connectivity index (χ0n) is 11.8. The topological polar surface area (TPSA) is 40.5 Å². The van der Waals surface area contributed by atoms with Gasteiger partial charge in [0, 0.05) is 0 Å². The molecule has 0 spiro atoms. The van der Waals surface area contributed by atoms with Crippen molar-refractivity contribution in [2.24, 2.45) is 0 Å². The van der Waals surface area contributed by atoms with Gasteiger partial charge < -0.3 is 10.2 Å². The highest BCUT2D eigenvalue weighted by Gasteiger charge is 1.75. The van der Waals surface area contributed by atoms with Gasteiger partial charge in [-0.1, -0.05) is 63.8 Å². The molecule has 2 nitrogen and oxygen atoms in total. The average Bonchev–Trinajstić information content (AvgIpc) is 2.39. The first kappa shape index (κ1) is 18.9. The molecule has 0 rings (SSSR count). The molecule has 0 heterocycles. The van der Waals surface area contributed by atoms with Gasteiger partial charge in [0.2, 0.25) is 0 Å². The maximum Gasteiger partial charge on any atom is 0.0791 e. The molecule has 0 saturated carbocycles. The van der Waals surface area contributed by atoms with Crippen LogP contribution < -0.4 is 0 Å². The fourth-order valence-electron chi connectivity index (χ4n) is 1.09. The molecular formula is C16H28O2. The summed E-state index contributed by atoms with van der Waals surface area (Å²) < 4.78 is 0. The van der Waals surface area contributed by atoms with Crippen LogP contribution in [0.4, 0.5) is 0 Å². The van der Waals surface area contributed by atoms with E-state index in [1.807, 2.05) is 12.2 Å².